The summed E-state index contributed by atoms with van der Waals surface area (Å²) in [5.41, 5.74) is 2.70. The SMILES string of the molecule is FC(F)Oc1ccc(-c2n[nH]c(=S)n2/N=C\c2ccc(N3CCOCC3)cc2)cc1. The minimum atomic E-state index is -2.87. The molecule has 0 unspecified atom stereocenters. The highest BCUT2D eigenvalue weighted by Gasteiger charge is 2.11. The van der Waals surface area contributed by atoms with Crippen molar-refractivity contribution in [3.63, 3.8) is 0 Å². The fourth-order valence-electron chi connectivity index (χ4n) is 3.09. The van der Waals surface area contributed by atoms with Gasteiger partial charge in [-0.1, -0.05) is 12.1 Å². The number of nitrogens with one attached hydrogen (secondary N) is 1. The van der Waals surface area contributed by atoms with Crippen LogP contribution in [-0.2, 0) is 4.74 Å². The van der Waals surface area contributed by atoms with Crippen molar-refractivity contribution in [1.29, 1.82) is 0 Å². The molecular weight excluding hydrogens is 412 g/mol. The highest BCUT2D eigenvalue weighted by Crippen LogP contribution is 2.22. The number of ether oxygens (including phenoxy) is 2. The Morgan fingerprint density at radius 2 is 1.80 bits per heavy atom. The Bertz CT molecular complexity index is 1060. The topological polar surface area (TPSA) is 67.7 Å². The van der Waals surface area contributed by atoms with E-state index >= 15 is 0 Å². The largest absolute Gasteiger partial charge is 0.435 e. The summed E-state index contributed by atoms with van der Waals surface area (Å²) < 4.78 is 36.2. The highest BCUT2D eigenvalue weighted by molar-refractivity contribution is 7.71. The molecule has 0 saturated carbocycles. The molecule has 0 spiro atoms. The number of hydrogen-bond acceptors (Lipinski definition) is 6. The molecule has 0 bridgehead atoms. The Kier molecular flexibility index (Phi) is 6.15. The van der Waals surface area contributed by atoms with Crippen LogP contribution >= 0.6 is 12.2 Å². The van der Waals surface area contributed by atoms with Crippen LogP contribution in [0.5, 0.6) is 5.75 Å². The molecule has 1 fully saturated rings. The number of nitrogens with zero attached hydrogens (tertiary/aromatic N) is 4. The number of hydrogen-bond donors (Lipinski definition) is 1. The van der Waals surface area contributed by atoms with Crippen molar-refractivity contribution < 1.29 is 18.3 Å². The molecule has 156 valence electrons. The third-order valence-corrected chi connectivity index (χ3v) is 4.84. The molecule has 0 atom stereocenters. The second kappa shape index (κ2) is 9.14. The molecule has 7 nitrogen and oxygen atoms in total. The van der Waals surface area contributed by atoms with Crippen LogP contribution in [-0.4, -0.2) is 54.0 Å². The molecule has 0 radical (unpaired) electrons. The van der Waals surface area contributed by atoms with Gasteiger partial charge in [-0.25, -0.2) is 5.10 Å². The second-order valence-corrected chi connectivity index (χ2v) is 6.89. The van der Waals surface area contributed by atoms with Crippen molar-refractivity contribution in [3.8, 4) is 17.1 Å². The van der Waals surface area contributed by atoms with Crippen LogP contribution in [0.25, 0.3) is 11.4 Å². The number of rotatable bonds is 6. The smallest absolute Gasteiger partial charge is 0.387 e. The average molecular weight is 431 g/mol. The first-order valence-electron chi connectivity index (χ1n) is 9.30. The van der Waals surface area contributed by atoms with E-state index in [2.05, 4.69) is 24.9 Å². The summed E-state index contributed by atoms with van der Waals surface area (Å²) in [4.78, 5) is 2.27. The van der Waals surface area contributed by atoms with Gasteiger partial charge >= 0.3 is 6.61 Å². The fourth-order valence-corrected chi connectivity index (χ4v) is 3.27. The summed E-state index contributed by atoms with van der Waals surface area (Å²) >= 11 is 5.27. The number of H-pyrrole nitrogens is 1. The summed E-state index contributed by atoms with van der Waals surface area (Å²) in [7, 11) is 0. The van der Waals surface area contributed by atoms with Crippen LogP contribution in [0.4, 0.5) is 14.5 Å². The predicted molar refractivity (Wildman–Crippen MR) is 112 cm³/mol. The van der Waals surface area contributed by atoms with Gasteiger partial charge in [-0.15, -0.1) is 0 Å². The first-order valence-corrected chi connectivity index (χ1v) is 9.71. The van der Waals surface area contributed by atoms with Crippen LogP contribution in [0.3, 0.4) is 0 Å². The zero-order chi connectivity index (χ0) is 20.9. The predicted octanol–water partition coefficient (Wildman–Crippen LogP) is 3.93. The Hall–Kier alpha value is -3.11. The third kappa shape index (κ3) is 4.71. The van der Waals surface area contributed by atoms with E-state index in [1.54, 1.807) is 18.3 Å². The lowest BCUT2D eigenvalue weighted by molar-refractivity contribution is -0.0498. The van der Waals surface area contributed by atoms with E-state index in [-0.39, 0.29) is 5.75 Å². The maximum absolute atomic E-state index is 12.3. The molecule has 2 aromatic carbocycles. The van der Waals surface area contributed by atoms with Crippen molar-refractivity contribution in [2.75, 3.05) is 31.2 Å². The van der Waals surface area contributed by atoms with Crippen molar-refractivity contribution in [2.24, 2.45) is 5.10 Å². The molecule has 1 aliphatic heterocycles. The number of alkyl halides is 2. The van der Waals surface area contributed by atoms with Gasteiger partial charge in [0.2, 0.25) is 4.77 Å². The van der Waals surface area contributed by atoms with Gasteiger partial charge in [0.15, 0.2) is 5.82 Å². The molecular formula is C20H19F2N5O2S. The third-order valence-electron chi connectivity index (χ3n) is 4.58. The normalized spacial score (nSPS) is 14.6. The summed E-state index contributed by atoms with van der Waals surface area (Å²) in [5.74, 6) is 0.531. The summed E-state index contributed by atoms with van der Waals surface area (Å²) in [6.45, 7) is 0.356. The maximum atomic E-state index is 12.3. The zero-order valence-electron chi connectivity index (χ0n) is 15.9. The molecule has 1 saturated heterocycles. The van der Waals surface area contributed by atoms with E-state index in [4.69, 9.17) is 17.0 Å². The summed E-state index contributed by atoms with van der Waals surface area (Å²) in [6, 6.07) is 14.2. The van der Waals surface area contributed by atoms with Gasteiger partial charge in [0.25, 0.3) is 0 Å². The van der Waals surface area contributed by atoms with Crippen molar-refractivity contribution in [1.82, 2.24) is 14.9 Å². The number of aromatic amines is 1. The van der Waals surface area contributed by atoms with Gasteiger partial charge in [0.1, 0.15) is 5.75 Å². The molecule has 10 heteroatoms. The lowest BCUT2D eigenvalue weighted by atomic mass is 10.2. The molecule has 30 heavy (non-hydrogen) atoms. The van der Waals surface area contributed by atoms with Gasteiger partial charge in [0, 0.05) is 24.3 Å². The number of anilines is 1. The molecule has 3 aromatic rings. The van der Waals surface area contributed by atoms with Crippen LogP contribution in [0.15, 0.2) is 53.6 Å². The molecule has 1 aromatic heterocycles. The number of aromatic nitrogens is 3. The van der Waals surface area contributed by atoms with E-state index in [1.807, 2.05) is 24.3 Å². The Labute approximate surface area is 176 Å². The monoisotopic (exact) mass is 431 g/mol. The Morgan fingerprint density at radius 1 is 1.10 bits per heavy atom. The van der Waals surface area contributed by atoms with Gasteiger partial charge < -0.3 is 14.4 Å². The first-order chi connectivity index (χ1) is 14.6. The fraction of sp³-hybridized carbons (Fsp3) is 0.250. The van der Waals surface area contributed by atoms with Gasteiger partial charge in [0.05, 0.1) is 19.4 Å². The van der Waals surface area contributed by atoms with Crippen molar-refractivity contribution in [3.05, 3.63) is 58.9 Å². The molecule has 1 N–H and O–H groups in total. The molecule has 0 amide bonds. The summed E-state index contributed by atoms with van der Waals surface area (Å²) in [6.07, 6.45) is 1.69. The van der Waals surface area contributed by atoms with Crippen LogP contribution in [0.1, 0.15) is 5.56 Å². The lowest BCUT2D eigenvalue weighted by Gasteiger charge is -2.28. The number of halogens is 2. The number of benzene rings is 2. The van der Waals surface area contributed by atoms with E-state index in [0.29, 0.717) is 16.2 Å². The van der Waals surface area contributed by atoms with Gasteiger partial charge in [-0.2, -0.15) is 23.7 Å². The minimum absolute atomic E-state index is 0.0679. The summed E-state index contributed by atoms with van der Waals surface area (Å²) in [5, 5.41) is 11.3. The maximum Gasteiger partial charge on any atom is 0.387 e. The van der Waals surface area contributed by atoms with Crippen molar-refractivity contribution in [2.45, 2.75) is 6.61 Å². The van der Waals surface area contributed by atoms with E-state index in [9.17, 15) is 8.78 Å². The Morgan fingerprint density at radius 3 is 2.47 bits per heavy atom. The van der Waals surface area contributed by atoms with Crippen molar-refractivity contribution >= 4 is 24.1 Å². The van der Waals surface area contributed by atoms with Gasteiger partial charge in [-0.05, 0) is 54.2 Å². The zero-order valence-corrected chi connectivity index (χ0v) is 16.7. The highest BCUT2D eigenvalue weighted by atomic mass is 32.1. The number of morpholine rings is 1. The van der Waals surface area contributed by atoms with E-state index in [0.717, 1.165) is 37.6 Å². The quantitative estimate of drug-likeness (QED) is 0.473. The molecule has 2 heterocycles. The first kappa shape index (κ1) is 20.2. The Balaban J connectivity index is 1.51. The standard InChI is InChI=1S/C20H19F2N5O2S/c21-19(22)29-17-7-3-15(4-8-17)18-24-25-20(30)27(18)23-13-14-1-5-16(6-2-14)26-9-11-28-12-10-26/h1-8,13,19H,9-12H2,(H,25,30)/b23-13-. The van der Waals surface area contributed by atoms with Crippen LogP contribution in [0, 0.1) is 4.77 Å². The molecule has 1 aliphatic rings. The van der Waals surface area contributed by atoms with E-state index in [1.165, 1.54) is 16.8 Å². The van der Waals surface area contributed by atoms with Gasteiger partial charge in [-0.3, -0.25) is 0 Å². The molecule has 0 aliphatic carbocycles. The lowest BCUT2D eigenvalue weighted by Crippen LogP contribution is -2.36. The second-order valence-electron chi connectivity index (χ2n) is 6.50. The van der Waals surface area contributed by atoms with Crippen LogP contribution in [0.2, 0.25) is 0 Å². The van der Waals surface area contributed by atoms with Crippen LogP contribution < -0.4 is 9.64 Å². The molecule has 4 rings (SSSR count). The van der Waals surface area contributed by atoms with E-state index < -0.39 is 6.61 Å². The minimum Gasteiger partial charge on any atom is -0.435 e. The average Bonchev–Trinajstić information content (AvgIpc) is 3.14.